The van der Waals surface area contributed by atoms with E-state index in [2.05, 4.69) is 10.6 Å². The van der Waals surface area contributed by atoms with Gasteiger partial charge in [-0.1, -0.05) is 12.1 Å². The number of benzene rings is 1. The second-order valence-corrected chi connectivity index (χ2v) is 8.23. The van der Waals surface area contributed by atoms with E-state index in [1.54, 1.807) is 32.9 Å². The molecule has 10 heteroatoms. The third-order valence-electron chi connectivity index (χ3n) is 3.90. The maximum absolute atomic E-state index is 12.6. The molecule has 2 amide bonds. The Morgan fingerprint density at radius 1 is 1.10 bits per heavy atom. The van der Waals surface area contributed by atoms with Crippen molar-refractivity contribution in [3.63, 3.8) is 0 Å². The number of amides is 2. The first-order chi connectivity index (χ1) is 13.7. The Morgan fingerprint density at radius 3 is 2.17 bits per heavy atom. The predicted molar refractivity (Wildman–Crippen MR) is 108 cm³/mol. The minimum absolute atomic E-state index is 0.0497. The number of carbonyl (C=O) groups excluding carboxylic acids is 3. The highest BCUT2D eigenvalue weighted by atomic mass is 16.6. The van der Waals surface area contributed by atoms with Crippen LogP contribution in [-0.2, 0) is 25.5 Å². The van der Waals surface area contributed by atoms with E-state index < -0.39 is 53.9 Å². The smallest absolute Gasteiger partial charge is 0.408 e. The Hall–Kier alpha value is -3.14. The van der Waals surface area contributed by atoms with E-state index in [-0.39, 0.29) is 12.2 Å². The van der Waals surface area contributed by atoms with Gasteiger partial charge in [-0.05, 0) is 45.4 Å². The number of aliphatic carboxylic acids is 1. The monoisotopic (exact) mass is 423 g/mol. The van der Waals surface area contributed by atoms with Crippen molar-refractivity contribution in [3.8, 4) is 5.75 Å². The van der Waals surface area contributed by atoms with Gasteiger partial charge in [0.1, 0.15) is 22.9 Å². The molecule has 10 nitrogen and oxygen atoms in total. The van der Waals surface area contributed by atoms with Crippen LogP contribution in [0.1, 0.15) is 39.7 Å². The summed E-state index contributed by atoms with van der Waals surface area (Å²) >= 11 is 0. The molecule has 166 valence electrons. The summed E-state index contributed by atoms with van der Waals surface area (Å²) in [5, 5.41) is 23.2. The minimum atomic E-state index is -1.75. The largest absolute Gasteiger partial charge is 0.508 e. The standard InChI is InChI=1S/C20H29N3O7/c1-19(2,3)30-18(29)23-15(9-12-5-7-13(24)8-6-12)16(26)22-11-14(25)10-20(4,21)17(27)28/h5-8,15,24H,9-11,21H2,1-4H3,(H,22,26)(H,23,29)(H,27,28)/t15-,20?/m0/s1. The van der Waals surface area contributed by atoms with Gasteiger partial charge in [-0.25, -0.2) is 4.79 Å². The number of ketones is 1. The molecule has 0 aromatic heterocycles. The summed E-state index contributed by atoms with van der Waals surface area (Å²) in [5.74, 6) is -2.51. The fraction of sp³-hybridized carbons (Fsp3) is 0.500. The summed E-state index contributed by atoms with van der Waals surface area (Å²) in [4.78, 5) is 47.7. The van der Waals surface area contributed by atoms with Crippen LogP contribution < -0.4 is 16.4 Å². The first kappa shape index (κ1) is 24.9. The van der Waals surface area contributed by atoms with Crippen LogP contribution in [0.5, 0.6) is 5.75 Å². The van der Waals surface area contributed by atoms with E-state index in [1.807, 2.05) is 0 Å². The zero-order valence-electron chi connectivity index (χ0n) is 17.5. The average Bonchev–Trinajstić information content (AvgIpc) is 2.58. The number of carboxylic acids is 1. The summed E-state index contributed by atoms with van der Waals surface area (Å²) in [6, 6.07) is 4.99. The zero-order valence-corrected chi connectivity index (χ0v) is 17.5. The number of nitrogens with two attached hydrogens (primary N) is 1. The van der Waals surface area contributed by atoms with E-state index in [9.17, 15) is 24.3 Å². The number of carboxylic acid groups (broad SMARTS) is 1. The van der Waals surface area contributed by atoms with Gasteiger partial charge in [0, 0.05) is 12.8 Å². The molecular formula is C20H29N3O7. The van der Waals surface area contributed by atoms with Gasteiger partial charge in [0.2, 0.25) is 5.91 Å². The number of Topliss-reactive ketones (excluding diaryl/α,β-unsaturated/α-hetero) is 1. The molecule has 0 bridgehead atoms. The van der Waals surface area contributed by atoms with Crippen LogP contribution in [0.2, 0.25) is 0 Å². The number of rotatable bonds is 9. The Balaban J connectivity index is 2.82. The molecule has 1 aromatic rings. The van der Waals surface area contributed by atoms with E-state index in [1.165, 1.54) is 19.1 Å². The second-order valence-electron chi connectivity index (χ2n) is 8.23. The second kappa shape index (κ2) is 10.1. The molecule has 0 aliphatic carbocycles. The van der Waals surface area contributed by atoms with Crippen molar-refractivity contribution in [2.75, 3.05) is 6.54 Å². The van der Waals surface area contributed by atoms with Gasteiger partial charge in [0.25, 0.3) is 0 Å². The van der Waals surface area contributed by atoms with Crippen LogP contribution in [0.3, 0.4) is 0 Å². The number of alkyl carbamates (subject to hydrolysis) is 1. The summed E-state index contributed by atoms with van der Waals surface area (Å²) in [6.07, 6.45) is -1.21. The molecule has 1 aromatic carbocycles. The quantitative estimate of drug-likeness (QED) is 0.387. The molecule has 0 saturated carbocycles. The number of aromatic hydroxyl groups is 1. The predicted octanol–water partition coefficient (Wildman–Crippen LogP) is 0.705. The molecule has 0 heterocycles. The first-order valence-electron chi connectivity index (χ1n) is 9.29. The topological polar surface area (TPSA) is 168 Å². The Kier molecular flexibility index (Phi) is 8.35. The average molecular weight is 423 g/mol. The number of carbonyl (C=O) groups is 4. The van der Waals surface area contributed by atoms with E-state index >= 15 is 0 Å². The van der Waals surface area contributed by atoms with Crippen molar-refractivity contribution >= 4 is 23.8 Å². The zero-order chi connectivity index (χ0) is 23.1. The van der Waals surface area contributed by atoms with Gasteiger partial charge in [-0.3, -0.25) is 14.4 Å². The maximum atomic E-state index is 12.6. The van der Waals surface area contributed by atoms with Crippen LogP contribution in [0.4, 0.5) is 4.79 Å². The maximum Gasteiger partial charge on any atom is 0.408 e. The highest BCUT2D eigenvalue weighted by Gasteiger charge is 2.31. The number of phenols is 1. The summed E-state index contributed by atoms with van der Waals surface area (Å²) in [7, 11) is 0. The highest BCUT2D eigenvalue weighted by molar-refractivity contribution is 5.93. The summed E-state index contributed by atoms with van der Waals surface area (Å²) < 4.78 is 5.17. The van der Waals surface area contributed by atoms with Crippen molar-refractivity contribution in [2.24, 2.45) is 5.73 Å². The molecule has 0 aliphatic rings. The van der Waals surface area contributed by atoms with Gasteiger partial charge >= 0.3 is 12.1 Å². The van der Waals surface area contributed by atoms with Gasteiger partial charge in [0.05, 0.1) is 6.54 Å². The van der Waals surface area contributed by atoms with Crippen LogP contribution >= 0.6 is 0 Å². The third-order valence-corrected chi connectivity index (χ3v) is 3.90. The fourth-order valence-corrected chi connectivity index (χ4v) is 2.38. The molecule has 30 heavy (non-hydrogen) atoms. The van der Waals surface area contributed by atoms with Crippen molar-refractivity contribution < 1.29 is 34.1 Å². The van der Waals surface area contributed by atoms with Crippen molar-refractivity contribution in [1.29, 1.82) is 0 Å². The normalized spacial score (nSPS) is 14.2. The van der Waals surface area contributed by atoms with Crippen LogP contribution in [0.25, 0.3) is 0 Å². The highest BCUT2D eigenvalue weighted by Crippen LogP contribution is 2.13. The van der Waals surface area contributed by atoms with Gasteiger partial charge in [-0.2, -0.15) is 0 Å². The molecule has 1 rings (SSSR count). The third kappa shape index (κ3) is 8.91. The first-order valence-corrected chi connectivity index (χ1v) is 9.29. The summed E-state index contributed by atoms with van der Waals surface area (Å²) in [6.45, 7) is 5.78. The minimum Gasteiger partial charge on any atom is -0.508 e. The number of ether oxygens (including phenoxy) is 1. The molecule has 6 N–H and O–H groups in total. The Bertz CT molecular complexity index is 783. The van der Waals surface area contributed by atoms with Crippen molar-refractivity contribution in [3.05, 3.63) is 29.8 Å². The van der Waals surface area contributed by atoms with E-state index in [0.29, 0.717) is 5.56 Å². The van der Waals surface area contributed by atoms with Crippen molar-refractivity contribution in [1.82, 2.24) is 10.6 Å². The lowest BCUT2D eigenvalue weighted by Crippen LogP contribution is -2.51. The van der Waals surface area contributed by atoms with Gasteiger partial charge < -0.3 is 31.3 Å². The molecular weight excluding hydrogens is 394 g/mol. The number of hydrogen-bond acceptors (Lipinski definition) is 7. The SMILES string of the molecule is CC(C)(C)OC(=O)N[C@@H](Cc1ccc(O)cc1)C(=O)NCC(=O)CC(C)(N)C(=O)O. The Morgan fingerprint density at radius 2 is 1.67 bits per heavy atom. The van der Waals surface area contributed by atoms with E-state index in [0.717, 1.165) is 0 Å². The van der Waals surface area contributed by atoms with Crippen LogP contribution in [0.15, 0.2) is 24.3 Å². The van der Waals surface area contributed by atoms with Gasteiger partial charge in [0.15, 0.2) is 5.78 Å². The van der Waals surface area contributed by atoms with Crippen molar-refractivity contribution in [2.45, 2.75) is 57.7 Å². The Labute approximate surface area is 174 Å². The molecule has 0 fully saturated rings. The van der Waals surface area contributed by atoms with Gasteiger partial charge in [-0.15, -0.1) is 0 Å². The molecule has 1 unspecified atom stereocenters. The van der Waals surface area contributed by atoms with Crippen LogP contribution in [-0.4, -0.2) is 57.7 Å². The van der Waals surface area contributed by atoms with Crippen LogP contribution in [0, 0.1) is 0 Å². The lowest BCUT2D eigenvalue weighted by molar-refractivity contribution is -0.144. The van der Waals surface area contributed by atoms with E-state index in [4.69, 9.17) is 15.6 Å². The molecule has 0 saturated heterocycles. The fourth-order valence-electron chi connectivity index (χ4n) is 2.38. The summed E-state index contributed by atoms with van der Waals surface area (Å²) in [5.41, 5.74) is 3.66. The molecule has 2 atom stereocenters. The lowest BCUT2D eigenvalue weighted by atomic mass is 9.96. The number of hydrogen-bond donors (Lipinski definition) is 5. The molecule has 0 aliphatic heterocycles. The number of phenolic OH excluding ortho intramolecular Hbond substituents is 1. The molecule has 0 spiro atoms. The lowest BCUT2D eigenvalue weighted by Gasteiger charge is -2.23. The molecule has 0 radical (unpaired) electrons. The number of nitrogens with one attached hydrogen (secondary N) is 2.